The predicted octanol–water partition coefficient (Wildman–Crippen LogP) is 5.13. The first-order valence-electron chi connectivity index (χ1n) is 9.13. The number of phenols is 1. The van der Waals surface area contributed by atoms with E-state index in [0.717, 1.165) is 17.6 Å². The molecule has 0 unspecified atom stereocenters. The van der Waals surface area contributed by atoms with Crippen molar-refractivity contribution in [2.24, 2.45) is 0 Å². The molecule has 156 valence electrons. The summed E-state index contributed by atoms with van der Waals surface area (Å²) in [7, 11) is 3.00. The number of aryl methyl sites for hydroxylation is 2. The number of rotatable bonds is 6. The molecule has 0 atom stereocenters. The number of aromatic hydroxyl groups is 1. The summed E-state index contributed by atoms with van der Waals surface area (Å²) < 4.78 is 15.8. The van der Waals surface area contributed by atoms with Gasteiger partial charge in [-0.3, -0.25) is 9.59 Å². The number of carbonyl (C=O) groups excluding carboxylic acids is 2. The Morgan fingerprint density at radius 3 is 1.80 bits per heavy atom. The van der Waals surface area contributed by atoms with E-state index in [4.69, 9.17) is 19.3 Å². The summed E-state index contributed by atoms with van der Waals surface area (Å²) in [5.74, 6) is 2.44. The van der Waals surface area contributed by atoms with E-state index in [-0.39, 0.29) is 5.75 Å². The van der Waals surface area contributed by atoms with Crippen LogP contribution in [-0.2, 0) is 0 Å². The molecule has 0 amide bonds. The van der Waals surface area contributed by atoms with Crippen molar-refractivity contribution in [3.63, 3.8) is 0 Å². The van der Waals surface area contributed by atoms with Crippen LogP contribution < -0.4 is 14.2 Å². The van der Waals surface area contributed by atoms with Crippen molar-refractivity contribution in [2.75, 3.05) is 14.2 Å². The number of aldehydes is 2. The summed E-state index contributed by atoms with van der Waals surface area (Å²) in [5.41, 5.74) is 2.57. The quantitative estimate of drug-likeness (QED) is 0.570. The van der Waals surface area contributed by atoms with E-state index < -0.39 is 0 Å². The minimum Gasteiger partial charge on any atom is -0.508 e. The molecule has 1 N–H and O–H groups in total. The van der Waals surface area contributed by atoms with E-state index in [0.29, 0.717) is 40.2 Å². The van der Waals surface area contributed by atoms with Gasteiger partial charge in [-0.25, -0.2) is 0 Å². The molecule has 0 saturated carbocycles. The van der Waals surface area contributed by atoms with Gasteiger partial charge in [-0.1, -0.05) is 18.2 Å². The first-order valence-corrected chi connectivity index (χ1v) is 9.13. The van der Waals surface area contributed by atoms with Crippen LogP contribution in [0, 0.1) is 13.8 Å². The van der Waals surface area contributed by atoms with Crippen LogP contribution in [0.25, 0.3) is 0 Å². The summed E-state index contributed by atoms with van der Waals surface area (Å²) in [6.45, 7) is 3.59. The maximum atomic E-state index is 11.0. The Kier molecular flexibility index (Phi) is 7.99. The Morgan fingerprint density at radius 2 is 1.27 bits per heavy atom. The van der Waals surface area contributed by atoms with Gasteiger partial charge in [0, 0.05) is 12.1 Å². The van der Waals surface area contributed by atoms with Gasteiger partial charge in [0.05, 0.1) is 25.3 Å². The molecule has 0 spiro atoms. The molecule has 0 aliphatic carbocycles. The zero-order valence-corrected chi connectivity index (χ0v) is 17.3. The van der Waals surface area contributed by atoms with Crippen LogP contribution in [-0.4, -0.2) is 31.9 Å². The van der Waals surface area contributed by atoms with Crippen molar-refractivity contribution in [3.05, 3.63) is 76.9 Å². The van der Waals surface area contributed by atoms with Crippen LogP contribution in [0.15, 0.2) is 54.6 Å². The fourth-order valence-corrected chi connectivity index (χ4v) is 2.81. The van der Waals surface area contributed by atoms with Gasteiger partial charge < -0.3 is 19.3 Å². The third kappa shape index (κ3) is 5.61. The summed E-state index contributed by atoms with van der Waals surface area (Å²) in [5, 5.41) is 9.15. The predicted molar refractivity (Wildman–Crippen MR) is 114 cm³/mol. The lowest BCUT2D eigenvalue weighted by Gasteiger charge is -2.11. The smallest absolute Gasteiger partial charge is 0.154 e. The molecule has 6 heteroatoms. The van der Waals surface area contributed by atoms with E-state index in [2.05, 4.69) is 0 Å². The van der Waals surface area contributed by atoms with Gasteiger partial charge in [-0.15, -0.1) is 0 Å². The molecule has 0 heterocycles. The number of benzene rings is 3. The monoisotopic (exact) mass is 408 g/mol. The zero-order valence-electron chi connectivity index (χ0n) is 17.3. The molecule has 0 bridgehead atoms. The highest BCUT2D eigenvalue weighted by Crippen LogP contribution is 2.30. The first-order chi connectivity index (χ1) is 14.4. The van der Waals surface area contributed by atoms with Gasteiger partial charge in [0.1, 0.15) is 28.7 Å². The van der Waals surface area contributed by atoms with E-state index in [1.807, 2.05) is 43.3 Å². The van der Waals surface area contributed by atoms with E-state index in [9.17, 15) is 9.59 Å². The highest BCUT2D eigenvalue weighted by Gasteiger charge is 2.09. The largest absolute Gasteiger partial charge is 0.508 e. The summed E-state index contributed by atoms with van der Waals surface area (Å²) in [6.07, 6.45) is 1.51. The fraction of sp³-hybridized carbons (Fsp3) is 0.167. The van der Waals surface area contributed by atoms with Crippen molar-refractivity contribution in [1.82, 2.24) is 0 Å². The molecule has 3 aromatic rings. The Labute approximate surface area is 175 Å². The zero-order chi connectivity index (χ0) is 22.1. The summed E-state index contributed by atoms with van der Waals surface area (Å²) in [4.78, 5) is 21.5. The van der Waals surface area contributed by atoms with Crippen molar-refractivity contribution in [2.45, 2.75) is 13.8 Å². The lowest BCUT2D eigenvalue weighted by atomic mass is 10.1. The molecule has 6 nitrogen and oxygen atoms in total. The molecule has 0 aromatic heterocycles. The van der Waals surface area contributed by atoms with Gasteiger partial charge in [0.25, 0.3) is 0 Å². The van der Waals surface area contributed by atoms with Crippen LogP contribution in [0.2, 0.25) is 0 Å². The third-order valence-electron chi connectivity index (χ3n) is 4.31. The number of hydrogen-bond acceptors (Lipinski definition) is 6. The Morgan fingerprint density at radius 1 is 0.733 bits per heavy atom. The number of para-hydroxylation sites is 1. The average Bonchev–Trinajstić information content (AvgIpc) is 2.74. The molecule has 3 aromatic carbocycles. The molecule has 0 aliphatic heterocycles. The summed E-state index contributed by atoms with van der Waals surface area (Å²) >= 11 is 0. The second-order valence-electron chi connectivity index (χ2n) is 6.39. The van der Waals surface area contributed by atoms with Crippen LogP contribution in [0.4, 0.5) is 0 Å². The van der Waals surface area contributed by atoms with Crippen LogP contribution >= 0.6 is 0 Å². The van der Waals surface area contributed by atoms with Gasteiger partial charge in [-0.05, 0) is 49.2 Å². The van der Waals surface area contributed by atoms with E-state index >= 15 is 0 Å². The minimum absolute atomic E-state index is 0.106. The maximum absolute atomic E-state index is 11.0. The topological polar surface area (TPSA) is 82.1 Å². The molecular weight excluding hydrogens is 384 g/mol. The van der Waals surface area contributed by atoms with Gasteiger partial charge >= 0.3 is 0 Å². The van der Waals surface area contributed by atoms with Crippen molar-refractivity contribution >= 4 is 12.6 Å². The van der Waals surface area contributed by atoms with E-state index in [1.165, 1.54) is 26.4 Å². The van der Waals surface area contributed by atoms with Crippen LogP contribution in [0.5, 0.6) is 28.7 Å². The fourth-order valence-electron chi connectivity index (χ4n) is 2.81. The SMILES string of the molecule is COc1cc(O)cc(C)c1C=O.COc1cc(Oc2ccccc2)cc(C)c1C=O. The number of ether oxygens (including phenoxy) is 3. The summed E-state index contributed by atoms with van der Waals surface area (Å²) in [6, 6.07) is 15.9. The molecule has 0 radical (unpaired) electrons. The van der Waals surface area contributed by atoms with Crippen molar-refractivity contribution in [1.29, 1.82) is 0 Å². The Hall–Kier alpha value is -3.80. The number of phenolic OH excluding ortho intramolecular Hbond substituents is 1. The highest BCUT2D eigenvalue weighted by molar-refractivity contribution is 5.82. The van der Waals surface area contributed by atoms with Crippen LogP contribution in [0.1, 0.15) is 31.8 Å². The second-order valence-corrected chi connectivity index (χ2v) is 6.39. The van der Waals surface area contributed by atoms with Crippen molar-refractivity contribution < 1.29 is 28.9 Å². The number of methoxy groups -OCH3 is 2. The standard InChI is InChI=1S/C15H14O3.C9H10O3/c1-11-8-13(9-15(17-2)14(11)10-16)18-12-6-4-3-5-7-12;1-6-3-7(11)4-9(12-2)8(6)5-10/h3-10H,1-2H3;3-5,11H,1-2H3. The molecule has 30 heavy (non-hydrogen) atoms. The third-order valence-corrected chi connectivity index (χ3v) is 4.31. The Balaban J connectivity index is 0.000000232. The molecular formula is C24H24O6. The molecule has 0 fully saturated rings. The molecule has 0 saturated heterocycles. The van der Waals surface area contributed by atoms with Gasteiger partial charge in [0.15, 0.2) is 12.6 Å². The number of hydrogen-bond donors (Lipinski definition) is 1. The average molecular weight is 408 g/mol. The minimum atomic E-state index is 0.106. The lowest BCUT2D eigenvalue weighted by Crippen LogP contribution is -1.95. The lowest BCUT2D eigenvalue weighted by molar-refractivity contribution is 0.111. The first kappa shape index (κ1) is 22.5. The maximum Gasteiger partial charge on any atom is 0.154 e. The highest BCUT2D eigenvalue weighted by atomic mass is 16.5. The van der Waals surface area contributed by atoms with Crippen LogP contribution in [0.3, 0.4) is 0 Å². The molecule has 0 aliphatic rings. The molecule has 3 rings (SSSR count). The van der Waals surface area contributed by atoms with Gasteiger partial charge in [0.2, 0.25) is 0 Å². The normalized spacial score (nSPS) is 9.73. The Bertz CT molecular complexity index is 1010. The van der Waals surface area contributed by atoms with Gasteiger partial charge in [-0.2, -0.15) is 0 Å². The second kappa shape index (κ2) is 10.7. The number of carbonyl (C=O) groups is 2. The van der Waals surface area contributed by atoms with E-state index in [1.54, 1.807) is 13.0 Å². The van der Waals surface area contributed by atoms with Crippen molar-refractivity contribution in [3.8, 4) is 28.7 Å².